The predicted molar refractivity (Wildman–Crippen MR) is 46.8 cm³/mol. The maximum atomic E-state index is 11.4. The molecule has 1 aromatic rings. The fraction of sp³-hybridized carbons (Fsp3) is 0.556. The molecule has 13 heavy (non-hydrogen) atoms. The molecule has 1 aromatic heterocycles. The summed E-state index contributed by atoms with van der Waals surface area (Å²) in [6.45, 7) is 3.96. The molecule has 4 heteroatoms. The largest absolute Gasteiger partial charge is 0.479 e. The average Bonchev–Trinajstić information content (AvgIpc) is 2.50. The van der Waals surface area contributed by atoms with E-state index in [4.69, 9.17) is 9.26 Å². The highest BCUT2D eigenvalue weighted by Crippen LogP contribution is 2.14. The van der Waals surface area contributed by atoms with Gasteiger partial charge in [-0.15, -0.1) is 0 Å². The van der Waals surface area contributed by atoms with Crippen molar-refractivity contribution < 1.29 is 14.1 Å². The van der Waals surface area contributed by atoms with Crippen molar-refractivity contribution in [3.8, 4) is 5.88 Å². The first kappa shape index (κ1) is 9.77. The summed E-state index contributed by atoms with van der Waals surface area (Å²) in [5.74, 6) is 0.895. The van der Waals surface area contributed by atoms with Crippen molar-refractivity contribution in [1.82, 2.24) is 5.16 Å². The summed E-state index contributed by atoms with van der Waals surface area (Å²) in [5, 5.41) is 3.54. The zero-order chi connectivity index (χ0) is 9.84. The summed E-state index contributed by atoms with van der Waals surface area (Å²) in [6, 6.07) is 1.50. The van der Waals surface area contributed by atoms with Crippen LogP contribution < -0.4 is 4.74 Å². The summed E-state index contributed by atoms with van der Waals surface area (Å²) in [4.78, 5) is 11.4. The van der Waals surface area contributed by atoms with Gasteiger partial charge in [0.2, 0.25) is 11.5 Å². The van der Waals surface area contributed by atoms with Crippen molar-refractivity contribution in [1.29, 1.82) is 0 Å². The molecule has 0 spiro atoms. The molecule has 0 radical (unpaired) electrons. The molecule has 0 unspecified atom stereocenters. The zero-order valence-electron chi connectivity index (χ0n) is 8.03. The maximum Gasteiger partial charge on any atom is 0.254 e. The Labute approximate surface area is 76.9 Å². The molecule has 0 saturated heterocycles. The highest BCUT2D eigenvalue weighted by Gasteiger charge is 2.14. The van der Waals surface area contributed by atoms with Gasteiger partial charge in [0.05, 0.1) is 13.2 Å². The van der Waals surface area contributed by atoms with Crippen molar-refractivity contribution in [3.05, 3.63) is 11.8 Å². The fourth-order valence-corrected chi connectivity index (χ4v) is 0.958. The number of carbonyl (C=O) groups excluding carboxylic acids is 1. The third-order valence-corrected chi connectivity index (χ3v) is 1.57. The van der Waals surface area contributed by atoms with Gasteiger partial charge < -0.3 is 9.26 Å². The van der Waals surface area contributed by atoms with E-state index in [0.29, 0.717) is 18.2 Å². The molecule has 0 aliphatic carbocycles. The molecular formula is C9H13NO3. The van der Waals surface area contributed by atoms with E-state index in [1.807, 2.05) is 13.8 Å². The number of ketones is 1. The molecule has 0 aromatic carbocycles. The lowest BCUT2D eigenvalue weighted by Crippen LogP contribution is -2.01. The van der Waals surface area contributed by atoms with Crippen LogP contribution in [-0.2, 0) is 0 Å². The van der Waals surface area contributed by atoms with Gasteiger partial charge >= 0.3 is 0 Å². The minimum Gasteiger partial charge on any atom is -0.479 e. The highest BCUT2D eigenvalue weighted by atomic mass is 16.5. The van der Waals surface area contributed by atoms with Gasteiger partial charge in [0.25, 0.3) is 5.88 Å². The van der Waals surface area contributed by atoms with E-state index < -0.39 is 0 Å². The topological polar surface area (TPSA) is 52.3 Å². The molecule has 1 heterocycles. The first-order chi connectivity index (χ1) is 6.13. The second kappa shape index (κ2) is 4.07. The van der Waals surface area contributed by atoms with Crippen LogP contribution >= 0.6 is 0 Å². The second-order valence-corrected chi connectivity index (χ2v) is 3.25. The van der Waals surface area contributed by atoms with Gasteiger partial charge in [-0.05, 0) is 11.1 Å². The van der Waals surface area contributed by atoms with Crippen molar-refractivity contribution >= 4 is 5.78 Å². The van der Waals surface area contributed by atoms with Crippen molar-refractivity contribution in [3.63, 3.8) is 0 Å². The molecule has 0 amide bonds. The molecule has 0 atom stereocenters. The number of hydrogen-bond acceptors (Lipinski definition) is 4. The standard InChI is InChI=1S/C9H13NO3/c1-6(2)4-7(11)8-5-9(12-3)10-13-8/h5-6H,4H2,1-3H3. The quantitative estimate of drug-likeness (QED) is 0.669. The number of nitrogens with zero attached hydrogens (tertiary/aromatic N) is 1. The smallest absolute Gasteiger partial charge is 0.254 e. The molecule has 0 aliphatic heterocycles. The van der Waals surface area contributed by atoms with Crippen molar-refractivity contribution in [2.24, 2.45) is 5.92 Å². The Balaban J connectivity index is 2.66. The molecular weight excluding hydrogens is 170 g/mol. The SMILES string of the molecule is COc1cc(C(=O)CC(C)C)on1. The molecule has 0 bridgehead atoms. The first-order valence-corrected chi connectivity index (χ1v) is 4.17. The molecule has 72 valence electrons. The van der Waals surface area contributed by atoms with Crippen LogP contribution in [0.4, 0.5) is 0 Å². The first-order valence-electron chi connectivity index (χ1n) is 4.17. The summed E-state index contributed by atoms with van der Waals surface area (Å²) >= 11 is 0. The summed E-state index contributed by atoms with van der Waals surface area (Å²) in [6.07, 6.45) is 0.471. The highest BCUT2D eigenvalue weighted by molar-refractivity contribution is 5.93. The second-order valence-electron chi connectivity index (χ2n) is 3.25. The van der Waals surface area contributed by atoms with Crippen molar-refractivity contribution in [2.75, 3.05) is 7.11 Å². The number of Topliss-reactive ketones (excluding diaryl/α,β-unsaturated/α-hetero) is 1. The molecule has 0 saturated carbocycles. The summed E-state index contributed by atoms with van der Waals surface area (Å²) < 4.78 is 9.59. The number of ether oxygens (including phenoxy) is 1. The molecule has 4 nitrogen and oxygen atoms in total. The Morgan fingerprint density at radius 1 is 1.69 bits per heavy atom. The Morgan fingerprint density at radius 2 is 2.38 bits per heavy atom. The lowest BCUT2D eigenvalue weighted by atomic mass is 10.1. The third-order valence-electron chi connectivity index (χ3n) is 1.57. The molecule has 0 fully saturated rings. The lowest BCUT2D eigenvalue weighted by Gasteiger charge is -1.98. The van der Waals surface area contributed by atoms with E-state index in [1.165, 1.54) is 13.2 Å². The van der Waals surface area contributed by atoms with E-state index in [-0.39, 0.29) is 11.5 Å². The minimum atomic E-state index is -0.0363. The number of rotatable bonds is 4. The molecule has 1 rings (SSSR count). The molecule has 0 N–H and O–H groups in total. The van der Waals surface area contributed by atoms with E-state index in [2.05, 4.69) is 5.16 Å². The number of methoxy groups -OCH3 is 1. The van der Waals surface area contributed by atoms with E-state index in [1.54, 1.807) is 0 Å². The van der Waals surface area contributed by atoms with Gasteiger partial charge in [-0.3, -0.25) is 4.79 Å². The van der Waals surface area contributed by atoms with E-state index in [0.717, 1.165) is 0 Å². The van der Waals surface area contributed by atoms with Crippen molar-refractivity contribution in [2.45, 2.75) is 20.3 Å². The summed E-state index contributed by atoms with van der Waals surface area (Å²) in [5.41, 5.74) is 0. The maximum absolute atomic E-state index is 11.4. The summed E-state index contributed by atoms with van der Waals surface area (Å²) in [7, 11) is 1.48. The van der Waals surface area contributed by atoms with Gasteiger partial charge in [0, 0.05) is 6.42 Å². The van der Waals surface area contributed by atoms with Crippen LogP contribution in [-0.4, -0.2) is 18.0 Å². The van der Waals surface area contributed by atoms with E-state index >= 15 is 0 Å². The Bertz CT molecular complexity index is 291. The van der Waals surface area contributed by atoms with Crippen LogP contribution in [0.2, 0.25) is 0 Å². The Hall–Kier alpha value is -1.32. The zero-order valence-corrected chi connectivity index (χ0v) is 8.03. The van der Waals surface area contributed by atoms with Gasteiger partial charge in [-0.1, -0.05) is 13.8 Å². The monoisotopic (exact) mass is 183 g/mol. The minimum absolute atomic E-state index is 0.0363. The van der Waals surface area contributed by atoms with Gasteiger partial charge in [-0.2, -0.15) is 0 Å². The van der Waals surface area contributed by atoms with Gasteiger partial charge in [0.15, 0.2) is 0 Å². The normalized spacial score (nSPS) is 10.5. The van der Waals surface area contributed by atoms with Crippen LogP contribution in [0.15, 0.2) is 10.6 Å². The Kier molecular flexibility index (Phi) is 3.06. The van der Waals surface area contributed by atoms with Gasteiger partial charge in [0.1, 0.15) is 0 Å². The number of carbonyl (C=O) groups is 1. The van der Waals surface area contributed by atoms with Crippen LogP contribution in [0.3, 0.4) is 0 Å². The Morgan fingerprint density at radius 3 is 2.85 bits per heavy atom. The van der Waals surface area contributed by atoms with E-state index in [9.17, 15) is 4.79 Å². The predicted octanol–water partition coefficient (Wildman–Crippen LogP) is 1.91. The van der Waals surface area contributed by atoms with Gasteiger partial charge in [-0.25, -0.2) is 0 Å². The van der Waals surface area contributed by atoms with Crippen LogP contribution in [0.1, 0.15) is 30.8 Å². The number of hydrogen-bond donors (Lipinski definition) is 0. The fourth-order valence-electron chi connectivity index (χ4n) is 0.958. The lowest BCUT2D eigenvalue weighted by molar-refractivity contribution is 0.0931. The van der Waals surface area contributed by atoms with Crippen LogP contribution in [0.25, 0.3) is 0 Å². The van der Waals surface area contributed by atoms with Crippen LogP contribution in [0, 0.1) is 5.92 Å². The third kappa shape index (κ3) is 2.57. The van der Waals surface area contributed by atoms with Crippen LogP contribution in [0.5, 0.6) is 5.88 Å². The number of aromatic nitrogens is 1. The molecule has 0 aliphatic rings. The average molecular weight is 183 g/mol.